The first kappa shape index (κ1) is 18.6. The second kappa shape index (κ2) is 7.58. The molecule has 0 aromatic heterocycles. The van der Waals surface area contributed by atoms with Crippen molar-refractivity contribution in [3.8, 4) is 11.5 Å². The molecule has 0 saturated carbocycles. The number of sulfonamides is 1. The van der Waals surface area contributed by atoms with E-state index in [0.29, 0.717) is 27.2 Å². The molecule has 0 bridgehead atoms. The molecule has 3 aromatic rings. The zero-order chi connectivity index (χ0) is 18.7. The smallest absolute Gasteiger partial charge is 0.261 e. The van der Waals surface area contributed by atoms with Crippen LogP contribution in [-0.2, 0) is 10.0 Å². The van der Waals surface area contributed by atoms with Crippen molar-refractivity contribution in [2.45, 2.75) is 11.8 Å². The van der Waals surface area contributed by atoms with Crippen molar-refractivity contribution in [1.29, 1.82) is 0 Å². The Bertz CT molecular complexity index is 1020. The molecule has 0 aliphatic rings. The molecule has 1 N–H and O–H groups in total. The van der Waals surface area contributed by atoms with Crippen molar-refractivity contribution < 1.29 is 13.2 Å². The van der Waals surface area contributed by atoms with Crippen LogP contribution < -0.4 is 9.46 Å². The Balaban J connectivity index is 1.74. The molecule has 26 heavy (non-hydrogen) atoms. The van der Waals surface area contributed by atoms with E-state index in [9.17, 15) is 8.42 Å². The normalized spacial score (nSPS) is 11.2. The monoisotopic (exact) mass is 407 g/mol. The fourth-order valence-electron chi connectivity index (χ4n) is 2.21. The Kier molecular flexibility index (Phi) is 5.41. The zero-order valence-corrected chi connectivity index (χ0v) is 16.1. The summed E-state index contributed by atoms with van der Waals surface area (Å²) in [6.07, 6.45) is 0. The third-order valence-corrected chi connectivity index (χ3v) is 5.49. The van der Waals surface area contributed by atoms with Gasteiger partial charge < -0.3 is 4.74 Å². The highest BCUT2D eigenvalue weighted by Crippen LogP contribution is 2.32. The van der Waals surface area contributed by atoms with Gasteiger partial charge in [-0.3, -0.25) is 4.72 Å². The van der Waals surface area contributed by atoms with Gasteiger partial charge in [0.2, 0.25) is 0 Å². The Morgan fingerprint density at radius 3 is 2.15 bits per heavy atom. The molecule has 0 atom stereocenters. The maximum absolute atomic E-state index is 12.4. The van der Waals surface area contributed by atoms with Crippen LogP contribution in [0.4, 0.5) is 5.69 Å². The number of anilines is 1. The van der Waals surface area contributed by atoms with Crippen molar-refractivity contribution >= 4 is 38.9 Å². The number of aryl methyl sites for hydroxylation is 1. The van der Waals surface area contributed by atoms with Crippen molar-refractivity contribution in [2.75, 3.05) is 4.72 Å². The third-order valence-electron chi connectivity index (χ3n) is 3.56. The van der Waals surface area contributed by atoms with Crippen LogP contribution in [0.15, 0.2) is 71.6 Å². The van der Waals surface area contributed by atoms with Gasteiger partial charge in [-0.1, -0.05) is 40.9 Å². The first-order valence-electron chi connectivity index (χ1n) is 7.66. The molecule has 0 amide bonds. The maximum Gasteiger partial charge on any atom is 0.261 e. The van der Waals surface area contributed by atoms with Gasteiger partial charge in [0.25, 0.3) is 10.0 Å². The number of benzene rings is 3. The van der Waals surface area contributed by atoms with E-state index in [1.54, 1.807) is 66.7 Å². The largest absolute Gasteiger partial charge is 0.456 e. The molecule has 0 aliphatic heterocycles. The number of halogens is 2. The maximum atomic E-state index is 12.4. The van der Waals surface area contributed by atoms with Crippen LogP contribution in [0.5, 0.6) is 11.5 Å². The minimum atomic E-state index is -3.64. The summed E-state index contributed by atoms with van der Waals surface area (Å²) in [4.78, 5) is 0.205. The molecule has 3 rings (SSSR count). The van der Waals surface area contributed by atoms with E-state index in [0.717, 1.165) is 5.56 Å². The minimum Gasteiger partial charge on any atom is -0.456 e. The standard InChI is InChI=1S/C19H15Cl2NO3S/c1-13-2-9-17(10-3-13)26(23,24)22-15-5-7-16(8-6-15)25-19-11-4-14(20)12-18(19)21/h2-12,22H,1H3. The third kappa shape index (κ3) is 4.49. The summed E-state index contributed by atoms with van der Waals surface area (Å²) >= 11 is 11.9. The summed E-state index contributed by atoms with van der Waals surface area (Å²) in [7, 11) is -3.64. The number of nitrogens with one attached hydrogen (secondary N) is 1. The van der Waals surface area contributed by atoms with Gasteiger partial charge in [0.15, 0.2) is 0 Å². The van der Waals surface area contributed by atoms with Crippen LogP contribution in [0.1, 0.15) is 5.56 Å². The molecule has 0 aliphatic carbocycles. The quantitative estimate of drug-likeness (QED) is 0.572. The molecule has 0 fully saturated rings. The molecule has 134 valence electrons. The van der Waals surface area contributed by atoms with Gasteiger partial charge in [0.05, 0.1) is 9.92 Å². The Hall–Kier alpha value is -2.21. The first-order chi connectivity index (χ1) is 12.3. The van der Waals surface area contributed by atoms with Crippen molar-refractivity contribution in [3.63, 3.8) is 0 Å². The highest BCUT2D eigenvalue weighted by molar-refractivity contribution is 7.92. The van der Waals surface area contributed by atoms with Crippen molar-refractivity contribution in [1.82, 2.24) is 0 Å². The zero-order valence-electron chi connectivity index (χ0n) is 13.7. The number of ether oxygens (including phenoxy) is 1. The van der Waals surface area contributed by atoms with Crippen LogP contribution in [0, 0.1) is 6.92 Å². The molecule has 0 unspecified atom stereocenters. The molecule has 4 nitrogen and oxygen atoms in total. The van der Waals surface area contributed by atoms with E-state index in [2.05, 4.69) is 4.72 Å². The summed E-state index contributed by atoms with van der Waals surface area (Å²) in [6, 6.07) is 18.1. The lowest BCUT2D eigenvalue weighted by atomic mass is 10.2. The van der Waals surface area contributed by atoms with Gasteiger partial charge in [-0.05, 0) is 61.5 Å². The molecule has 7 heteroatoms. The first-order valence-corrected chi connectivity index (χ1v) is 9.90. The van der Waals surface area contributed by atoms with E-state index in [4.69, 9.17) is 27.9 Å². The van der Waals surface area contributed by atoms with E-state index < -0.39 is 10.0 Å². The van der Waals surface area contributed by atoms with Gasteiger partial charge >= 0.3 is 0 Å². The van der Waals surface area contributed by atoms with Gasteiger partial charge in [0.1, 0.15) is 11.5 Å². The second-order valence-corrected chi connectivity index (χ2v) is 8.15. The van der Waals surface area contributed by atoms with E-state index >= 15 is 0 Å². The van der Waals surface area contributed by atoms with Crippen molar-refractivity contribution in [2.24, 2.45) is 0 Å². The Morgan fingerprint density at radius 2 is 1.54 bits per heavy atom. The molecule has 0 saturated heterocycles. The number of hydrogen-bond acceptors (Lipinski definition) is 3. The molecular formula is C19H15Cl2NO3S. The fourth-order valence-corrected chi connectivity index (χ4v) is 3.71. The van der Waals surface area contributed by atoms with Crippen LogP contribution in [0.25, 0.3) is 0 Å². The van der Waals surface area contributed by atoms with Gasteiger partial charge in [0, 0.05) is 10.7 Å². The molecular weight excluding hydrogens is 393 g/mol. The summed E-state index contributed by atoms with van der Waals surface area (Å²) in [6.45, 7) is 1.90. The Labute approximate surface area is 162 Å². The van der Waals surface area contributed by atoms with Crippen LogP contribution in [-0.4, -0.2) is 8.42 Å². The van der Waals surface area contributed by atoms with Gasteiger partial charge in [-0.2, -0.15) is 0 Å². The lowest BCUT2D eigenvalue weighted by molar-refractivity contribution is 0.483. The van der Waals surface area contributed by atoms with E-state index in [-0.39, 0.29) is 4.90 Å². The molecule has 0 radical (unpaired) electrons. The number of rotatable bonds is 5. The summed E-state index contributed by atoms with van der Waals surface area (Å²) in [5, 5.41) is 0.907. The van der Waals surface area contributed by atoms with Gasteiger partial charge in [-0.25, -0.2) is 8.42 Å². The summed E-state index contributed by atoms with van der Waals surface area (Å²) in [5.74, 6) is 0.983. The topological polar surface area (TPSA) is 55.4 Å². The molecule has 0 spiro atoms. The van der Waals surface area contributed by atoms with Crippen LogP contribution in [0.2, 0.25) is 10.0 Å². The lowest BCUT2D eigenvalue weighted by Gasteiger charge is -2.10. The van der Waals surface area contributed by atoms with Gasteiger partial charge in [-0.15, -0.1) is 0 Å². The highest BCUT2D eigenvalue weighted by atomic mass is 35.5. The van der Waals surface area contributed by atoms with E-state index in [1.165, 1.54) is 0 Å². The lowest BCUT2D eigenvalue weighted by Crippen LogP contribution is -2.12. The predicted molar refractivity (Wildman–Crippen MR) is 105 cm³/mol. The Morgan fingerprint density at radius 1 is 0.885 bits per heavy atom. The SMILES string of the molecule is Cc1ccc(S(=O)(=O)Nc2ccc(Oc3ccc(Cl)cc3Cl)cc2)cc1. The molecule has 0 heterocycles. The van der Waals surface area contributed by atoms with E-state index in [1.807, 2.05) is 6.92 Å². The summed E-state index contributed by atoms with van der Waals surface area (Å²) in [5.41, 5.74) is 1.42. The average molecular weight is 408 g/mol. The summed E-state index contributed by atoms with van der Waals surface area (Å²) < 4.78 is 33.0. The predicted octanol–water partition coefficient (Wildman–Crippen LogP) is 5.89. The highest BCUT2D eigenvalue weighted by Gasteiger charge is 2.14. The molecule has 3 aromatic carbocycles. The van der Waals surface area contributed by atoms with Crippen LogP contribution >= 0.6 is 23.2 Å². The number of hydrogen-bond donors (Lipinski definition) is 1. The minimum absolute atomic E-state index is 0.205. The average Bonchev–Trinajstić information content (AvgIpc) is 2.59. The fraction of sp³-hybridized carbons (Fsp3) is 0.0526. The van der Waals surface area contributed by atoms with Crippen LogP contribution in [0.3, 0.4) is 0 Å². The van der Waals surface area contributed by atoms with Crippen molar-refractivity contribution in [3.05, 3.63) is 82.3 Å². The second-order valence-electron chi connectivity index (χ2n) is 5.62.